The molecule has 2 amide bonds. The number of amides is 2. The highest BCUT2D eigenvalue weighted by Gasteiger charge is 2.40. The van der Waals surface area contributed by atoms with Crippen LogP contribution in [0.25, 0.3) is 0 Å². The van der Waals surface area contributed by atoms with E-state index in [2.05, 4.69) is 24.1 Å². The SMILES string of the molecule is CC(C)c1ccc([C@@H](NC(=O)[C@@H]2C[C@@H](F)CN2C(=O)CN(N)/C=C(\N)N(C)C)c2ccccc2)nc1. The lowest BCUT2D eigenvalue weighted by atomic mass is 10.00. The second-order valence-electron chi connectivity index (χ2n) is 9.54. The molecule has 0 spiro atoms. The van der Waals surface area contributed by atoms with Crippen LogP contribution >= 0.6 is 0 Å². The molecule has 0 unspecified atom stereocenters. The van der Waals surface area contributed by atoms with Crippen molar-refractivity contribution in [2.75, 3.05) is 27.2 Å². The third-order valence-electron chi connectivity index (χ3n) is 6.20. The highest BCUT2D eigenvalue weighted by Crippen LogP contribution is 2.25. The normalized spacial score (nSPS) is 18.8. The van der Waals surface area contributed by atoms with Crippen molar-refractivity contribution < 1.29 is 14.0 Å². The van der Waals surface area contributed by atoms with Crippen LogP contribution < -0.4 is 16.9 Å². The van der Waals surface area contributed by atoms with Crippen molar-refractivity contribution in [1.29, 1.82) is 0 Å². The Morgan fingerprint density at radius 3 is 2.47 bits per heavy atom. The fourth-order valence-corrected chi connectivity index (χ4v) is 4.03. The van der Waals surface area contributed by atoms with Gasteiger partial charge in [-0.25, -0.2) is 10.2 Å². The number of rotatable bonds is 9. The molecule has 0 aliphatic carbocycles. The van der Waals surface area contributed by atoms with Gasteiger partial charge in [-0.2, -0.15) is 0 Å². The molecule has 0 radical (unpaired) electrons. The fraction of sp³-hybridized carbons (Fsp3) is 0.423. The van der Waals surface area contributed by atoms with Crippen molar-refractivity contribution in [3.8, 4) is 0 Å². The predicted molar refractivity (Wildman–Crippen MR) is 137 cm³/mol. The van der Waals surface area contributed by atoms with Gasteiger partial charge in [0.2, 0.25) is 11.8 Å². The monoisotopic (exact) mass is 497 g/mol. The van der Waals surface area contributed by atoms with E-state index in [1.165, 1.54) is 11.1 Å². The maximum absolute atomic E-state index is 14.4. The number of carbonyl (C=O) groups is 2. The van der Waals surface area contributed by atoms with Crippen LogP contribution in [0.2, 0.25) is 0 Å². The number of hydrazine groups is 1. The molecular formula is C26H36FN7O2. The summed E-state index contributed by atoms with van der Waals surface area (Å²) in [6.45, 7) is 3.75. The van der Waals surface area contributed by atoms with Crippen LogP contribution in [0.15, 0.2) is 60.7 Å². The van der Waals surface area contributed by atoms with Crippen LogP contribution in [0, 0.1) is 0 Å². The van der Waals surface area contributed by atoms with Gasteiger partial charge in [0, 0.05) is 26.7 Å². The molecule has 5 N–H and O–H groups in total. The number of carbonyl (C=O) groups excluding carboxylic acids is 2. The number of likely N-dealkylation sites (tertiary alicyclic amines) is 1. The van der Waals surface area contributed by atoms with Gasteiger partial charge in [-0.05, 0) is 23.1 Å². The predicted octanol–water partition coefficient (Wildman–Crippen LogP) is 1.84. The van der Waals surface area contributed by atoms with E-state index in [1.807, 2.05) is 42.5 Å². The zero-order valence-electron chi connectivity index (χ0n) is 21.3. The van der Waals surface area contributed by atoms with Crippen molar-refractivity contribution in [1.82, 2.24) is 25.1 Å². The van der Waals surface area contributed by atoms with Gasteiger partial charge in [-0.1, -0.05) is 50.2 Å². The second kappa shape index (κ2) is 11.9. The van der Waals surface area contributed by atoms with Crippen LogP contribution in [0.4, 0.5) is 4.39 Å². The highest BCUT2D eigenvalue weighted by molar-refractivity contribution is 5.89. The summed E-state index contributed by atoms with van der Waals surface area (Å²) in [6, 6.07) is 11.8. The Balaban J connectivity index is 1.80. The van der Waals surface area contributed by atoms with Crippen LogP contribution in [0.3, 0.4) is 0 Å². The number of hydrogen-bond donors (Lipinski definition) is 3. The van der Waals surface area contributed by atoms with E-state index in [0.29, 0.717) is 17.4 Å². The molecule has 3 atom stereocenters. The summed E-state index contributed by atoms with van der Waals surface area (Å²) in [5.41, 5.74) is 8.42. The molecule has 0 bridgehead atoms. The van der Waals surface area contributed by atoms with Gasteiger partial charge in [0.05, 0.1) is 24.5 Å². The summed E-state index contributed by atoms with van der Waals surface area (Å²) < 4.78 is 14.4. The number of benzene rings is 1. The Labute approximate surface area is 211 Å². The molecule has 1 aliphatic heterocycles. The number of pyridine rings is 1. The summed E-state index contributed by atoms with van der Waals surface area (Å²) in [6.07, 6.45) is 1.82. The zero-order chi connectivity index (χ0) is 26.4. The lowest BCUT2D eigenvalue weighted by Crippen LogP contribution is -2.50. The number of nitrogens with zero attached hydrogens (tertiary/aromatic N) is 4. The minimum Gasteiger partial charge on any atom is -0.384 e. The number of nitrogens with two attached hydrogens (primary N) is 2. The van der Waals surface area contributed by atoms with E-state index in [-0.39, 0.29) is 19.5 Å². The lowest BCUT2D eigenvalue weighted by Gasteiger charge is -2.28. The number of aromatic nitrogens is 1. The first-order valence-corrected chi connectivity index (χ1v) is 12.0. The van der Waals surface area contributed by atoms with E-state index in [1.54, 1.807) is 25.2 Å². The van der Waals surface area contributed by atoms with Gasteiger partial charge in [0.1, 0.15) is 24.6 Å². The topological polar surface area (TPSA) is 121 Å². The van der Waals surface area contributed by atoms with Crippen molar-refractivity contribution >= 4 is 11.8 Å². The number of nitrogens with one attached hydrogen (secondary N) is 1. The van der Waals surface area contributed by atoms with E-state index in [9.17, 15) is 14.0 Å². The first-order chi connectivity index (χ1) is 17.1. The molecule has 0 saturated carbocycles. The van der Waals surface area contributed by atoms with Crippen molar-refractivity contribution in [3.05, 3.63) is 77.5 Å². The fourth-order valence-electron chi connectivity index (χ4n) is 4.03. The van der Waals surface area contributed by atoms with Gasteiger partial charge in [-0.15, -0.1) is 0 Å². The number of alkyl halides is 1. The lowest BCUT2D eigenvalue weighted by molar-refractivity contribution is -0.139. The molecule has 9 nitrogen and oxygen atoms in total. The average Bonchev–Trinajstić information content (AvgIpc) is 3.25. The van der Waals surface area contributed by atoms with E-state index < -0.39 is 30.1 Å². The Kier molecular flexibility index (Phi) is 8.87. The Hall–Kier alpha value is -3.66. The minimum atomic E-state index is -1.31. The zero-order valence-corrected chi connectivity index (χ0v) is 21.3. The number of halogens is 1. The minimum absolute atomic E-state index is 0.0843. The number of hydrogen-bond acceptors (Lipinski definition) is 7. The van der Waals surface area contributed by atoms with Gasteiger partial charge in [0.15, 0.2) is 0 Å². The van der Waals surface area contributed by atoms with Gasteiger partial charge < -0.3 is 25.9 Å². The van der Waals surface area contributed by atoms with Crippen LogP contribution in [-0.2, 0) is 9.59 Å². The van der Waals surface area contributed by atoms with Gasteiger partial charge in [0.25, 0.3) is 0 Å². The molecule has 194 valence electrons. The summed E-state index contributed by atoms with van der Waals surface area (Å²) in [5, 5.41) is 4.13. The van der Waals surface area contributed by atoms with Crippen molar-refractivity contribution in [3.63, 3.8) is 0 Å². The van der Waals surface area contributed by atoms with Crippen LogP contribution in [-0.4, -0.2) is 71.0 Å². The van der Waals surface area contributed by atoms with Crippen LogP contribution in [0.1, 0.15) is 49.0 Å². The summed E-state index contributed by atoms with van der Waals surface area (Å²) >= 11 is 0. The van der Waals surface area contributed by atoms with E-state index in [4.69, 9.17) is 11.6 Å². The second-order valence-corrected chi connectivity index (χ2v) is 9.54. The van der Waals surface area contributed by atoms with Gasteiger partial charge >= 0.3 is 0 Å². The quantitative estimate of drug-likeness (QED) is 0.357. The first kappa shape index (κ1) is 26.9. The molecular weight excluding hydrogens is 461 g/mol. The summed E-state index contributed by atoms with van der Waals surface area (Å²) in [5.74, 6) is 5.67. The molecule has 10 heteroatoms. The third-order valence-corrected chi connectivity index (χ3v) is 6.20. The molecule has 1 aromatic carbocycles. The Bertz CT molecular complexity index is 1060. The molecule has 1 aliphatic rings. The van der Waals surface area contributed by atoms with E-state index >= 15 is 0 Å². The Morgan fingerprint density at radius 1 is 1.19 bits per heavy atom. The standard InChI is InChI=1S/C26H36FN7O2/c1-17(2)19-10-11-21(30-13-19)25(18-8-6-5-7-9-18)31-26(36)22-12-20(27)14-34(22)24(35)16-33(29)15-23(28)32(3)4/h5-11,13,15,17,20,22,25H,12,14,16,28-29H2,1-4H3,(H,31,36)/b23-15+/t20-,22+,25+/m1/s1. The Morgan fingerprint density at radius 2 is 1.89 bits per heavy atom. The molecule has 1 saturated heterocycles. The van der Waals surface area contributed by atoms with Crippen LogP contribution in [0.5, 0.6) is 0 Å². The molecule has 2 heterocycles. The molecule has 1 aromatic heterocycles. The van der Waals surface area contributed by atoms with Gasteiger partial charge in [-0.3, -0.25) is 14.6 Å². The molecule has 3 rings (SSSR count). The smallest absolute Gasteiger partial charge is 0.244 e. The molecule has 36 heavy (non-hydrogen) atoms. The summed E-state index contributed by atoms with van der Waals surface area (Å²) in [7, 11) is 3.48. The first-order valence-electron chi connectivity index (χ1n) is 12.0. The largest absolute Gasteiger partial charge is 0.384 e. The summed E-state index contributed by atoms with van der Waals surface area (Å²) in [4.78, 5) is 33.8. The highest BCUT2D eigenvalue weighted by atomic mass is 19.1. The van der Waals surface area contributed by atoms with Crippen molar-refractivity contribution in [2.24, 2.45) is 11.6 Å². The third kappa shape index (κ3) is 6.72. The average molecular weight is 498 g/mol. The maximum Gasteiger partial charge on any atom is 0.244 e. The van der Waals surface area contributed by atoms with E-state index in [0.717, 1.165) is 16.1 Å². The van der Waals surface area contributed by atoms with Crippen molar-refractivity contribution in [2.45, 2.75) is 44.4 Å². The molecule has 2 aromatic rings. The molecule has 1 fully saturated rings. The maximum atomic E-state index is 14.4.